The van der Waals surface area contributed by atoms with E-state index >= 15 is 0 Å². The normalized spacial score (nSPS) is 21.7. The Hall–Kier alpha value is -3.02. The Morgan fingerprint density at radius 3 is 2.43 bits per heavy atom. The maximum Gasteiger partial charge on any atom is 0.319 e. The van der Waals surface area contributed by atoms with E-state index < -0.39 is 11.5 Å². The topological polar surface area (TPSA) is 65.1 Å². The second-order valence-electron chi connectivity index (χ2n) is 8.05. The zero-order chi connectivity index (χ0) is 21.6. The largest absolute Gasteiger partial charge is 0.497 e. The third kappa shape index (κ3) is 2.70. The van der Waals surface area contributed by atoms with Crippen LogP contribution in [0.25, 0.3) is 0 Å². The molecule has 0 unspecified atom stereocenters. The number of rotatable bonds is 5. The van der Waals surface area contributed by atoms with Gasteiger partial charge in [0.05, 0.1) is 26.9 Å². The lowest BCUT2D eigenvalue weighted by atomic mass is 9.69. The van der Waals surface area contributed by atoms with Crippen LogP contribution in [0.1, 0.15) is 53.9 Å². The molecule has 0 fully saturated rings. The number of carbonyl (C=O) groups excluding carboxylic acids is 2. The molecule has 0 radical (unpaired) electrons. The first-order chi connectivity index (χ1) is 14.4. The first-order valence-electron chi connectivity index (χ1n) is 10.2. The highest BCUT2D eigenvalue weighted by Crippen LogP contribution is 2.56. The van der Waals surface area contributed by atoms with Crippen molar-refractivity contribution in [3.63, 3.8) is 0 Å². The average Bonchev–Trinajstić information content (AvgIpc) is 3.08. The predicted molar refractivity (Wildman–Crippen MR) is 112 cm³/mol. The number of nitrogens with zero attached hydrogens (tertiary/aromatic N) is 1. The predicted octanol–water partition coefficient (Wildman–Crippen LogP) is 3.67. The fourth-order valence-corrected chi connectivity index (χ4v) is 4.98. The molecule has 2 aromatic carbocycles. The van der Waals surface area contributed by atoms with E-state index in [1.807, 2.05) is 43.0 Å². The van der Waals surface area contributed by atoms with Gasteiger partial charge in [-0.2, -0.15) is 0 Å². The van der Waals surface area contributed by atoms with E-state index in [1.54, 1.807) is 33.3 Å². The molecule has 1 aliphatic heterocycles. The van der Waals surface area contributed by atoms with Gasteiger partial charge in [-0.1, -0.05) is 12.1 Å². The molecule has 0 bridgehead atoms. The standard InChI is InChI=1S/C24H27NO5/c1-6-30-23(27)24-13-15-11-16(28-4)7-9-18(15)21(24)25(14(2)3)22(26)19-12-17(29-5)8-10-20(19)24/h7-12,14,21H,6,13H2,1-5H3/t21-,24+/m1/s1. The van der Waals surface area contributed by atoms with E-state index in [4.69, 9.17) is 14.2 Å². The summed E-state index contributed by atoms with van der Waals surface area (Å²) in [6, 6.07) is 10.6. The molecule has 0 spiro atoms. The molecule has 1 amide bonds. The molecular weight excluding hydrogens is 382 g/mol. The molecule has 6 nitrogen and oxygen atoms in total. The minimum absolute atomic E-state index is 0.104. The number of carbonyl (C=O) groups is 2. The summed E-state index contributed by atoms with van der Waals surface area (Å²) in [4.78, 5) is 29.0. The lowest BCUT2D eigenvalue weighted by molar-refractivity contribution is -0.153. The van der Waals surface area contributed by atoms with E-state index in [2.05, 4.69) is 0 Å². The van der Waals surface area contributed by atoms with Crippen LogP contribution in [0.5, 0.6) is 11.5 Å². The van der Waals surface area contributed by atoms with Gasteiger partial charge >= 0.3 is 5.97 Å². The Balaban J connectivity index is 2.04. The number of fused-ring (bicyclic) bond motifs is 5. The van der Waals surface area contributed by atoms with E-state index in [0.717, 1.165) is 16.9 Å². The molecule has 0 saturated heterocycles. The van der Waals surface area contributed by atoms with Crippen LogP contribution in [-0.2, 0) is 21.4 Å². The number of esters is 1. The molecule has 1 heterocycles. The number of ether oxygens (including phenoxy) is 3. The third-order valence-electron chi connectivity index (χ3n) is 6.23. The summed E-state index contributed by atoms with van der Waals surface area (Å²) < 4.78 is 16.4. The van der Waals surface area contributed by atoms with Crippen molar-refractivity contribution < 1.29 is 23.8 Å². The SMILES string of the molecule is CCOC(=O)[C@]12Cc3cc(OC)ccc3[C@H]1N(C(C)C)C(=O)c1cc(OC)ccc12. The lowest BCUT2D eigenvalue weighted by Crippen LogP contribution is -2.56. The molecule has 30 heavy (non-hydrogen) atoms. The number of methoxy groups -OCH3 is 2. The number of hydrogen-bond donors (Lipinski definition) is 0. The molecule has 1 aliphatic carbocycles. The molecule has 2 aromatic rings. The van der Waals surface area contributed by atoms with Crippen LogP contribution in [0.4, 0.5) is 0 Å². The molecule has 2 aliphatic rings. The molecule has 2 atom stereocenters. The van der Waals surface area contributed by atoms with Crippen molar-refractivity contribution in [2.75, 3.05) is 20.8 Å². The maximum atomic E-state index is 13.6. The third-order valence-corrected chi connectivity index (χ3v) is 6.23. The van der Waals surface area contributed by atoms with Crippen LogP contribution < -0.4 is 9.47 Å². The average molecular weight is 409 g/mol. The van der Waals surface area contributed by atoms with Gasteiger partial charge in [-0.3, -0.25) is 9.59 Å². The molecule has 0 aromatic heterocycles. The second kappa shape index (κ2) is 7.35. The second-order valence-corrected chi connectivity index (χ2v) is 8.05. The summed E-state index contributed by atoms with van der Waals surface area (Å²) in [5.41, 5.74) is 2.14. The molecular formula is C24H27NO5. The molecule has 0 N–H and O–H groups in total. The van der Waals surface area contributed by atoms with Crippen molar-refractivity contribution in [1.29, 1.82) is 0 Å². The van der Waals surface area contributed by atoms with Crippen LogP contribution >= 0.6 is 0 Å². The highest BCUT2D eigenvalue weighted by Gasteiger charge is 2.61. The van der Waals surface area contributed by atoms with Gasteiger partial charge in [0.1, 0.15) is 16.9 Å². The molecule has 0 saturated carbocycles. The molecule has 4 rings (SSSR count). The quantitative estimate of drug-likeness (QED) is 0.705. The van der Waals surface area contributed by atoms with Gasteiger partial charge < -0.3 is 19.1 Å². The minimum atomic E-state index is -1.01. The van der Waals surface area contributed by atoms with Gasteiger partial charge in [-0.15, -0.1) is 0 Å². The highest BCUT2D eigenvalue weighted by molar-refractivity contribution is 6.03. The Morgan fingerprint density at radius 1 is 1.13 bits per heavy atom. The number of benzene rings is 2. The van der Waals surface area contributed by atoms with Crippen molar-refractivity contribution in [1.82, 2.24) is 4.90 Å². The van der Waals surface area contributed by atoms with E-state index in [9.17, 15) is 9.59 Å². The van der Waals surface area contributed by atoms with Crippen LogP contribution in [0.3, 0.4) is 0 Å². The minimum Gasteiger partial charge on any atom is -0.497 e. The van der Waals surface area contributed by atoms with Crippen molar-refractivity contribution >= 4 is 11.9 Å². The maximum absolute atomic E-state index is 13.6. The number of hydrogen-bond acceptors (Lipinski definition) is 5. The zero-order valence-corrected chi connectivity index (χ0v) is 18.0. The first kappa shape index (κ1) is 20.3. The summed E-state index contributed by atoms with van der Waals surface area (Å²) in [7, 11) is 3.19. The van der Waals surface area contributed by atoms with E-state index in [0.29, 0.717) is 23.3 Å². The van der Waals surface area contributed by atoms with Crippen LogP contribution in [0.15, 0.2) is 36.4 Å². The number of amides is 1. The smallest absolute Gasteiger partial charge is 0.319 e. The molecule has 158 valence electrons. The van der Waals surface area contributed by atoms with Gasteiger partial charge in [0.15, 0.2) is 0 Å². The van der Waals surface area contributed by atoms with Crippen molar-refractivity contribution in [2.45, 2.75) is 44.7 Å². The van der Waals surface area contributed by atoms with E-state index in [-0.39, 0.29) is 24.5 Å². The summed E-state index contributed by atoms with van der Waals surface area (Å²) in [5, 5.41) is 0. The summed E-state index contributed by atoms with van der Waals surface area (Å²) in [5.74, 6) is 0.895. The summed E-state index contributed by atoms with van der Waals surface area (Å²) in [6.45, 7) is 6.02. The van der Waals surface area contributed by atoms with Crippen LogP contribution in [0.2, 0.25) is 0 Å². The monoisotopic (exact) mass is 409 g/mol. The van der Waals surface area contributed by atoms with Gasteiger partial charge in [0.2, 0.25) is 0 Å². The van der Waals surface area contributed by atoms with Gasteiger partial charge in [-0.25, -0.2) is 0 Å². The Labute approximate surface area is 176 Å². The van der Waals surface area contributed by atoms with Gasteiger partial charge in [0, 0.05) is 11.6 Å². The van der Waals surface area contributed by atoms with Crippen LogP contribution in [-0.4, -0.2) is 43.6 Å². The fraction of sp³-hybridized carbons (Fsp3) is 0.417. The van der Waals surface area contributed by atoms with Gasteiger partial charge in [0.25, 0.3) is 5.91 Å². The molecule has 6 heteroatoms. The first-order valence-corrected chi connectivity index (χ1v) is 10.2. The Morgan fingerprint density at radius 2 is 1.80 bits per heavy atom. The van der Waals surface area contributed by atoms with Crippen molar-refractivity contribution in [3.8, 4) is 11.5 Å². The zero-order valence-electron chi connectivity index (χ0n) is 18.0. The fourth-order valence-electron chi connectivity index (χ4n) is 4.98. The van der Waals surface area contributed by atoms with Crippen LogP contribution in [0, 0.1) is 0 Å². The highest BCUT2D eigenvalue weighted by atomic mass is 16.5. The van der Waals surface area contributed by atoms with Crippen molar-refractivity contribution in [2.24, 2.45) is 0 Å². The summed E-state index contributed by atoms with van der Waals surface area (Å²) >= 11 is 0. The Bertz CT molecular complexity index is 1010. The summed E-state index contributed by atoms with van der Waals surface area (Å²) in [6.07, 6.45) is 0.443. The lowest BCUT2D eigenvalue weighted by Gasteiger charge is -2.47. The Kier molecular flexibility index (Phi) is 4.96. The van der Waals surface area contributed by atoms with E-state index in [1.165, 1.54) is 0 Å². The van der Waals surface area contributed by atoms with Gasteiger partial charge in [-0.05, 0) is 68.1 Å². The van der Waals surface area contributed by atoms with Crippen molar-refractivity contribution in [3.05, 3.63) is 58.7 Å².